The first-order valence-corrected chi connectivity index (χ1v) is 9.31. The molecule has 1 aliphatic rings. The number of hydrogen-bond donors (Lipinski definition) is 2. The van der Waals surface area contributed by atoms with Gasteiger partial charge in [0.05, 0.1) is 6.10 Å². The highest BCUT2D eigenvalue weighted by Crippen LogP contribution is 2.31. The lowest BCUT2D eigenvalue weighted by molar-refractivity contribution is 0.00319. The van der Waals surface area contributed by atoms with Crippen molar-refractivity contribution in [2.45, 2.75) is 32.6 Å². The van der Waals surface area contributed by atoms with Crippen LogP contribution in [0.5, 0.6) is 0 Å². The second kappa shape index (κ2) is 7.44. The Balaban J connectivity index is 1.44. The smallest absolute Gasteiger partial charge is 0.351 e. The van der Waals surface area contributed by atoms with Crippen LogP contribution in [0.4, 0.5) is 16.3 Å². The third-order valence-corrected chi connectivity index (χ3v) is 5.14. The van der Waals surface area contributed by atoms with Crippen LogP contribution < -0.4 is 16.3 Å². The first kappa shape index (κ1) is 18.2. The highest BCUT2D eigenvalue weighted by molar-refractivity contribution is 6.00. The van der Waals surface area contributed by atoms with Crippen LogP contribution >= 0.6 is 0 Å². The summed E-state index contributed by atoms with van der Waals surface area (Å²) in [5.41, 5.74) is 0.210. The molecule has 1 aromatic heterocycles. The van der Waals surface area contributed by atoms with Crippen LogP contribution in [0, 0.1) is 5.92 Å². The Morgan fingerprint density at radius 2 is 1.89 bits per heavy atom. The summed E-state index contributed by atoms with van der Waals surface area (Å²) in [6.07, 6.45) is 2.15. The van der Waals surface area contributed by atoms with E-state index in [1.807, 2.05) is 49.4 Å². The van der Waals surface area contributed by atoms with Gasteiger partial charge in [0.15, 0.2) is 0 Å². The van der Waals surface area contributed by atoms with Gasteiger partial charge in [0.1, 0.15) is 12.0 Å². The number of anilines is 2. The van der Waals surface area contributed by atoms with Crippen LogP contribution in [0.3, 0.4) is 0 Å². The number of aromatic nitrogens is 2. The predicted molar refractivity (Wildman–Crippen MR) is 108 cm³/mol. The zero-order chi connectivity index (χ0) is 19.7. The van der Waals surface area contributed by atoms with Crippen molar-refractivity contribution in [1.29, 1.82) is 0 Å². The Hall–Kier alpha value is -3.19. The first-order valence-electron chi connectivity index (χ1n) is 9.31. The number of carbonyl (C=O) groups excluding carboxylic acids is 1. The summed E-state index contributed by atoms with van der Waals surface area (Å²) < 4.78 is 7.26. The van der Waals surface area contributed by atoms with Crippen molar-refractivity contribution in [2.24, 2.45) is 5.92 Å². The van der Waals surface area contributed by atoms with E-state index in [1.165, 1.54) is 4.57 Å². The molecule has 4 rings (SSSR count). The van der Waals surface area contributed by atoms with Crippen LogP contribution in [0.2, 0.25) is 0 Å². The quantitative estimate of drug-likeness (QED) is 0.722. The van der Waals surface area contributed by atoms with E-state index >= 15 is 0 Å². The van der Waals surface area contributed by atoms with Gasteiger partial charge >= 0.3 is 11.7 Å². The number of benzene rings is 2. The van der Waals surface area contributed by atoms with Crippen LogP contribution in [0.25, 0.3) is 10.8 Å². The van der Waals surface area contributed by atoms with Gasteiger partial charge < -0.3 is 10.1 Å². The van der Waals surface area contributed by atoms with E-state index in [0.29, 0.717) is 11.6 Å². The molecule has 3 aromatic rings. The summed E-state index contributed by atoms with van der Waals surface area (Å²) in [6.45, 7) is 4.09. The van der Waals surface area contributed by atoms with E-state index < -0.39 is 11.7 Å². The van der Waals surface area contributed by atoms with E-state index in [2.05, 4.69) is 22.5 Å². The zero-order valence-electron chi connectivity index (χ0n) is 15.8. The van der Waals surface area contributed by atoms with Crippen molar-refractivity contribution in [3.63, 3.8) is 0 Å². The maximum atomic E-state index is 12.3. The van der Waals surface area contributed by atoms with Crippen LogP contribution in [-0.4, -0.2) is 21.7 Å². The van der Waals surface area contributed by atoms with Gasteiger partial charge in [-0.05, 0) is 48.2 Å². The average Bonchev–Trinajstić information content (AvgIpc) is 3.00. The lowest BCUT2D eigenvalue weighted by Gasteiger charge is -2.14. The van der Waals surface area contributed by atoms with Crippen molar-refractivity contribution in [3.05, 3.63) is 65.2 Å². The molecule has 0 spiro atoms. The molecule has 28 heavy (non-hydrogen) atoms. The number of carbonyl (C=O) groups is 1. The number of nitrogens with zero attached hydrogens (tertiary/aromatic N) is 2. The number of ether oxygens (including phenoxy) is 1. The molecule has 7 nitrogen and oxygen atoms in total. The van der Waals surface area contributed by atoms with Crippen LogP contribution in [-0.2, 0) is 4.74 Å². The summed E-state index contributed by atoms with van der Waals surface area (Å²) >= 11 is 0. The Kier molecular flexibility index (Phi) is 4.83. The molecule has 7 heteroatoms. The molecule has 0 radical (unpaired) electrons. The maximum absolute atomic E-state index is 12.3. The van der Waals surface area contributed by atoms with Crippen molar-refractivity contribution in [2.75, 3.05) is 10.6 Å². The Labute approximate surface area is 162 Å². The molecule has 2 aromatic carbocycles. The fourth-order valence-electron chi connectivity index (χ4n) is 3.37. The number of hydrogen-bond acceptors (Lipinski definition) is 4. The molecule has 144 valence electrons. The average molecular weight is 378 g/mol. The highest BCUT2D eigenvalue weighted by Gasteiger charge is 2.30. The van der Waals surface area contributed by atoms with Crippen molar-refractivity contribution < 1.29 is 9.53 Å². The highest BCUT2D eigenvalue weighted by atomic mass is 16.5. The molecule has 2 amide bonds. The summed E-state index contributed by atoms with van der Waals surface area (Å²) in [7, 11) is 0. The minimum atomic E-state index is -0.459. The number of amides is 2. The van der Waals surface area contributed by atoms with Gasteiger partial charge in [-0.2, -0.15) is 4.98 Å². The van der Waals surface area contributed by atoms with E-state index in [9.17, 15) is 9.59 Å². The fourth-order valence-corrected chi connectivity index (χ4v) is 3.37. The van der Waals surface area contributed by atoms with E-state index in [1.54, 1.807) is 12.3 Å². The van der Waals surface area contributed by atoms with Gasteiger partial charge in [0.25, 0.3) is 0 Å². The molecule has 1 aliphatic heterocycles. The molecule has 1 fully saturated rings. The SMILES string of the molecule is CC1OC(n2ccc(NC(=O)Nc3ccc4ccccc4c3)nc2=O)C[C@H]1C. The predicted octanol–water partition coefficient (Wildman–Crippen LogP) is 3.98. The standard InChI is InChI=1S/C21H22N4O3/c1-13-11-19(28-14(13)2)25-10-9-18(24-21(25)27)23-20(26)22-17-8-7-15-5-3-4-6-16(15)12-17/h3-10,12-14,19H,11H2,1-2H3,(H2,22,23,24,26,27)/t13-,14?,19?/m1/s1. The fraction of sp³-hybridized carbons (Fsp3) is 0.286. The van der Waals surface area contributed by atoms with E-state index in [4.69, 9.17) is 4.74 Å². The van der Waals surface area contributed by atoms with Gasteiger partial charge in [-0.1, -0.05) is 37.3 Å². The molecule has 3 atom stereocenters. The summed E-state index contributed by atoms with van der Waals surface area (Å²) in [4.78, 5) is 28.5. The lowest BCUT2D eigenvalue weighted by atomic mass is 10.1. The Bertz CT molecular complexity index is 1070. The minimum Gasteiger partial charge on any atom is -0.355 e. The molecule has 0 saturated carbocycles. The molecular formula is C21H22N4O3. The largest absolute Gasteiger partial charge is 0.355 e. The molecule has 1 saturated heterocycles. The second-order valence-electron chi connectivity index (χ2n) is 7.15. The minimum absolute atomic E-state index is 0.0995. The van der Waals surface area contributed by atoms with Gasteiger partial charge in [-0.3, -0.25) is 9.88 Å². The number of nitrogens with one attached hydrogen (secondary N) is 2. The lowest BCUT2D eigenvalue weighted by Crippen LogP contribution is -2.29. The third kappa shape index (κ3) is 3.75. The topological polar surface area (TPSA) is 85.2 Å². The zero-order valence-corrected chi connectivity index (χ0v) is 15.8. The first-order chi connectivity index (χ1) is 13.5. The second-order valence-corrected chi connectivity index (χ2v) is 7.15. The molecule has 2 heterocycles. The Morgan fingerprint density at radius 3 is 2.61 bits per heavy atom. The third-order valence-electron chi connectivity index (χ3n) is 5.14. The number of urea groups is 1. The molecule has 0 aliphatic carbocycles. The number of fused-ring (bicyclic) bond motifs is 1. The van der Waals surface area contributed by atoms with Crippen molar-refractivity contribution in [1.82, 2.24) is 9.55 Å². The maximum Gasteiger partial charge on any atom is 0.351 e. The molecular weight excluding hydrogens is 356 g/mol. The van der Waals surface area contributed by atoms with Crippen molar-refractivity contribution in [3.8, 4) is 0 Å². The van der Waals surface area contributed by atoms with Gasteiger partial charge in [0.2, 0.25) is 0 Å². The summed E-state index contributed by atoms with van der Waals surface area (Å²) in [6, 6.07) is 14.7. The van der Waals surface area contributed by atoms with Gasteiger partial charge in [-0.15, -0.1) is 0 Å². The molecule has 2 unspecified atom stereocenters. The van der Waals surface area contributed by atoms with Gasteiger partial charge in [0, 0.05) is 11.9 Å². The van der Waals surface area contributed by atoms with Crippen LogP contribution in [0.1, 0.15) is 26.5 Å². The van der Waals surface area contributed by atoms with Crippen LogP contribution in [0.15, 0.2) is 59.5 Å². The van der Waals surface area contributed by atoms with Crippen molar-refractivity contribution >= 4 is 28.3 Å². The van der Waals surface area contributed by atoms with Gasteiger partial charge in [-0.25, -0.2) is 9.59 Å². The summed E-state index contributed by atoms with van der Waals surface area (Å²) in [5, 5.41) is 7.48. The number of rotatable bonds is 3. The normalized spacial score (nSPS) is 21.6. The molecule has 0 bridgehead atoms. The Morgan fingerprint density at radius 1 is 1.11 bits per heavy atom. The van der Waals surface area contributed by atoms with E-state index in [0.717, 1.165) is 17.2 Å². The monoisotopic (exact) mass is 378 g/mol. The van der Waals surface area contributed by atoms with E-state index in [-0.39, 0.29) is 18.1 Å². The summed E-state index contributed by atoms with van der Waals surface area (Å²) in [5.74, 6) is 0.570. The molecule has 2 N–H and O–H groups in total.